The van der Waals surface area contributed by atoms with E-state index in [4.69, 9.17) is 4.74 Å². The molecule has 1 rings (SSSR count). The molecule has 0 aromatic carbocycles. The van der Waals surface area contributed by atoms with Crippen molar-refractivity contribution in [3.63, 3.8) is 0 Å². The number of nitrogens with zero attached hydrogens (tertiary/aromatic N) is 2. The van der Waals surface area contributed by atoms with Crippen LogP contribution in [0.5, 0.6) is 6.01 Å². The van der Waals surface area contributed by atoms with E-state index in [1.807, 2.05) is 0 Å². The number of ether oxygens (including phenoxy) is 1. The van der Waals surface area contributed by atoms with Crippen LogP contribution in [0.3, 0.4) is 0 Å². The Morgan fingerprint density at radius 1 is 1.27 bits per heavy atom. The second-order valence-corrected chi connectivity index (χ2v) is 5.15. The minimum absolute atomic E-state index is 0.453. The van der Waals surface area contributed by atoms with Crippen LogP contribution in [0.25, 0.3) is 0 Å². The highest BCUT2D eigenvalue weighted by Gasteiger charge is 2.06. The van der Waals surface area contributed by atoms with E-state index in [1.54, 1.807) is 12.4 Å². The predicted octanol–water partition coefficient (Wildman–Crippen LogP) is 3.30. The Morgan fingerprint density at radius 3 is 2.40 bits per heavy atom. The van der Waals surface area contributed by atoms with Crippen LogP contribution in [0.1, 0.15) is 27.2 Å². The highest BCUT2D eigenvalue weighted by Crippen LogP contribution is 2.13. The van der Waals surface area contributed by atoms with Gasteiger partial charge in [-0.15, -0.1) is 0 Å². The van der Waals surface area contributed by atoms with Crippen molar-refractivity contribution in [1.82, 2.24) is 9.97 Å². The van der Waals surface area contributed by atoms with Crippen molar-refractivity contribution in [1.29, 1.82) is 0 Å². The van der Waals surface area contributed by atoms with Crippen molar-refractivity contribution in [3.8, 4) is 6.01 Å². The van der Waals surface area contributed by atoms with E-state index in [0.29, 0.717) is 24.5 Å². The third kappa shape index (κ3) is 5.11. The number of aromatic nitrogens is 2. The molecule has 0 radical (unpaired) electrons. The fraction of sp³-hybridized carbons (Fsp3) is 0.636. The Bertz CT molecular complexity index is 287. The summed E-state index contributed by atoms with van der Waals surface area (Å²) < 4.78 is 6.35. The average Bonchev–Trinajstić information content (AvgIpc) is 2.16. The fourth-order valence-electron chi connectivity index (χ4n) is 1.46. The van der Waals surface area contributed by atoms with Gasteiger partial charge in [0.05, 0.1) is 11.1 Å². The minimum Gasteiger partial charge on any atom is -0.463 e. The first-order valence-electron chi connectivity index (χ1n) is 5.18. The summed E-state index contributed by atoms with van der Waals surface area (Å²) in [6, 6.07) is 0.453. The molecule has 0 saturated heterocycles. The Morgan fingerprint density at radius 2 is 1.87 bits per heavy atom. The maximum Gasteiger partial charge on any atom is 0.316 e. The van der Waals surface area contributed by atoms with Gasteiger partial charge in [-0.3, -0.25) is 0 Å². The van der Waals surface area contributed by atoms with Gasteiger partial charge in [0.25, 0.3) is 0 Å². The van der Waals surface area contributed by atoms with Crippen molar-refractivity contribution in [2.24, 2.45) is 11.8 Å². The molecule has 0 aliphatic heterocycles. The monoisotopic (exact) mass is 272 g/mol. The summed E-state index contributed by atoms with van der Waals surface area (Å²) in [5.74, 6) is 1.24. The molecule has 0 fully saturated rings. The van der Waals surface area contributed by atoms with E-state index in [9.17, 15) is 0 Å². The molecule has 1 aromatic rings. The third-order valence-corrected chi connectivity index (χ3v) is 2.38. The lowest BCUT2D eigenvalue weighted by molar-refractivity contribution is 0.223. The highest BCUT2D eigenvalue weighted by molar-refractivity contribution is 9.10. The molecule has 15 heavy (non-hydrogen) atoms. The summed E-state index contributed by atoms with van der Waals surface area (Å²) in [6.07, 6.45) is 4.54. The van der Waals surface area contributed by atoms with E-state index in [-0.39, 0.29) is 0 Å². The number of rotatable bonds is 5. The molecule has 1 aromatic heterocycles. The van der Waals surface area contributed by atoms with Crippen LogP contribution in [-0.4, -0.2) is 16.6 Å². The Hall–Kier alpha value is -0.640. The van der Waals surface area contributed by atoms with E-state index >= 15 is 0 Å². The van der Waals surface area contributed by atoms with E-state index < -0.39 is 0 Å². The summed E-state index contributed by atoms with van der Waals surface area (Å²) in [5.41, 5.74) is 0. The lowest BCUT2D eigenvalue weighted by Gasteiger charge is -2.13. The van der Waals surface area contributed by atoms with Crippen LogP contribution in [0.2, 0.25) is 0 Å². The van der Waals surface area contributed by atoms with Crippen LogP contribution < -0.4 is 4.74 Å². The molecular weight excluding hydrogens is 256 g/mol. The maximum atomic E-state index is 5.48. The van der Waals surface area contributed by atoms with Gasteiger partial charge in [0, 0.05) is 12.4 Å². The topological polar surface area (TPSA) is 35.0 Å². The lowest BCUT2D eigenvalue weighted by Crippen LogP contribution is -2.12. The van der Waals surface area contributed by atoms with Gasteiger partial charge in [0.1, 0.15) is 0 Å². The number of halogens is 1. The van der Waals surface area contributed by atoms with Crippen LogP contribution >= 0.6 is 15.9 Å². The van der Waals surface area contributed by atoms with E-state index in [1.165, 1.54) is 0 Å². The summed E-state index contributed by atoms with van der Waals surface area (Å²) in [5, 5.41) is 0. The zero-order chi connectivity index (χ0) is 11.3. The third-order valence-electron chi connectivity index (χ3n) is 1.97. The normalized spacial score (nSPS) is 12.9. The number of hydrogen-bond acceptors (Lipinski definition) is 3. The van der Waals surface area contributed by atoms with E-state index in [0.717, 1.165) is 10.9 Å². The molecule has 1 unspecified atom stereocenters. The second-order valence-electron chi connectivity index (χ2n) is 4.23. The molecule has 0 spiro atoms. The zero-order valence-corrected chi connectivity index (χ0v) is 11.0. The molecule has 0 saturated carbocycles. The van der Waals surface area contributed by atoms with Crippen LogP contribution in [0.15, 0.2) is 16.9 Å². The van der Waals surface area contributed by atoms with Gasteiger partial charge >= 0.3 is 6.01 Å². The predicted molar refractivity (Wildman–Crippen MR) is 63.8 cm³/mol. The molecule has 0 aliphatic carbocycles. The standard InChI is InChI=1S/C11H17BrN2O/c1-8(2)4-9(3)7-15-11-13-5-10(12)6-14-11/h5-6,8-9H,4,7H2,1-3H3. The largest absolute Gasteiger partial charge is 0.463 e. The molecule has 84 valence electrons. The van der Waals surface area contributed by atoms with Gasteiger partial charge in [-0.05, 0) is 34.2 Å². The highest BCUT2D eigenvalue weighted by atomic mass is 79.9. The smallest absolute Gasteiger partial charge is 0.316 e. The molecule has 0 amide bonds. The van der Waals surface area contributed by atoms with Gasteiger partial charge < -0.3 is 4.74 Å². The zero-order valence-electron chi connectivity index (χ0n) is 9.40. The molecule has 0 bridgehead atoms. The van der Waals surface area contributed by atoms with Gasteiger partial charge in [0.2, 0.25) is 0 Å². The summed E-state index contributed by atoms with van der Waals surface area (Å²) in [7, 11) is 0. The van der Waals surface area contributed by atoms with Crippen molar-refractivity contribution in [2.45, 2.75) is 27.2 Å². The molecule has 3 nitrogen and oxygen atoms in total. The molecule has 0 N–H and O–H groups in total. The van der Waals surface area contributed by atoms with Crippen molar-refractivity contribution < 1.29 is 4.74 Å². The molecule has 4 heteroatoms. The molecular formula is C11H17BrN2O. The van der Waals surface area contributed by atoms with E-state index in [2.05, 4.69) is 46.7 Å². The summed E-state index contributed by atoms with van der Waals surface area (Å²) in [4.78, 5) is 8.10. The van der Waals surface area contributed by atoms with Crippen molar-refractivity contribution in [2.75, 3.05) is 6.61 Å². The Labute approximate surface area is 99.4 Å². The first-order chi connectivity index (χ1) is 7.08. The van der Waals surface area contributed by atoms with Gasteiger partial charge in [0.15, 0.2) is 0 Å². The molecule has 0 aliphatic rings. The number of hydrogen-bond donors (Lipinski definition) is 0. The second kappa shape index (κ2) is 6.05. The summed E-state index contributed by atoms with van der Waals surface area (Å²) >= 11 is 3.28. The van der Waals surface area contributed by atoms with Gasteiger partial charge in [-0.2, -0.15) is 0 Å². The van der Waals surface area contributed by atoms with Crippen LogP contribution in [-0.2, 0) is 0 Å². The lowest BCUT2D eigenvalue weighted by atomic mass is 10.00. The van der Waals surface area contributed by atoms with Crippen molar-refractivity contribution >= 4 is 15.9 Å². The minimum atomic E-state index is 0.453. The molecule has 1 atom stereocenters. The van der Waals surface area contributed by atoms with Gasteiger partial charge in [-0.1, -0.05) is 20.8 Å². The fourth-order valence-corrected chi connectivity index (χ4v) is 1.67. The first-order valence-corrected chi connectivity index (χ1v) is 5.97. The van der Waals surface area contributed by atoms with Gasteiger partial charge in [-0.25, -0.2) is 9.97 Å². The summed E-state index contributed by atoms with van der Waals surface area (Å²) in [6.45, 7) is 7.29. The van der Waals surface area contributed by atoms with Crippen LogP contribution in [0.4, 0.5) is 0 Å². The SMILES string of the molecule is CC(C)CC(C)COc1ncc(Br)cn1. The van der Waals surface area contributed by atoms with Crippen molar-refractivity contribution in [3.05, 3.63) is 16.9 Å². The first kappa shape index (κ1) is 12.4. The molecule has 1 heterocycles. The maximum absolute atomic E-state index is 5.48. The quantitative estimate of drug-likeness (QED) is 0.825. The average molecular weight is 273 g/mol. The Balaban J connectivity index is 2.33. The van der Waals surface area contributed by atoms with Crippen LogP contribution in [0, 0.1) is 11.8 Å². The Kier molecular flexibility index (Phi) is 5.02.